The van der Waals surface area contributed by atoms with Gasteiger partial charge in [0.1, 0.15) is 5.82 Å². The maximum absolute atomic E-state index is 11.2. The number of aryl methyl sites for hydroxylation is 1. The van der Waals surface area contributed by atoms with Crippen LogP contribution in [0.1, 0.15) is 24.7 Å². The molecule has 1 fully saturated rings. The van der Waals surface area contributed by atoms with E-state index in [2.05, 4.69) is 30.5 Å². The van der Waals surface area contributed by atoms with E-state index < -0.39 is 0 Å². The van der Waals surface area contributed by atoms with E-state index in [1.54, 1.807) is 6.92 Å². The molecule has 0 aliphatic carbocycles. The van der Waals surface area contributed by atoms with Gasteiger partial charge in [0.25, 0.3) is 0 Å². The van der Waals surface area contributed by atoms with Crippen LogP contribution in [-0.4, -0.2) is 44.9 Å². The number of likely N-dealkylation sites (tertiary alicyclic amines) is 1. The standard InChI is InChI=1S/C17H23N7O/c1-11-3-5-13(6-4-11)20-17-22-15(21-16(18)23-17)10-24-8-7-14(9-24)19-12(2)25/h3-6,14H,7-10H2,1-2H3,(H,19,25)(H3,18,20,21,22,23). The number of anilines is 3. The Labute approximate surface area is 146 Å². The lowest BCUT2D eigenvalue weighted by Crippen LogP contribution is -2.35. The zero-order valence-electron chi connectivity index (χ0n) is 14.5. The van der Waals surface area contributed by atoms with E-state index >= 15 is 0 Å². The first-order valence-electron chi connectivity index (χ1n) is 8.31. The number of amides is 1. The number of nitrogens with zero attached hydrogens (tertiary/aromatic N) is 4. The van der Waals surface area contributed by atoms with Gasteiger partial charge in [0.2, 0.25) is 17.8 Å². The van der Waals surface area contributed by atoms with Crippen LogP contribution in [0.5, 0.6) is 0 Å². The summed E-state index contributed by atoms with van der Waals surface area (Å²) in [5, 5.41) is 6.10. The summed E-state index contributed by atoms with van der Waals surface area (Å²) in [6.07, 6.45) is 0.925. The Morgan fingerprint density at radius 2 is 2.04 bits per heavy atom. The number of hydrogen-bond donors (Lipinski definition) is 3. The number of carbonyl (C=O) groups excluding carboxylic acids is 1. The molecule has 1 atom stereocenters. The summed E-state index contributed by atoms with van der Waals surface area (Å²) in [6, 6.07) is 8.14. The SMILES string of the molecule is CC(=O)NC1CCN(Cc2nc(N)nc(Nc3ccc(C)cc3)n2)C1. The molecule has 0 saturated carbocycles. The highest BCUT2D eigenvalue weighted by Gasteiger charge is 2.23. The number of nitrogen functional groups attached to an aromatic ring is 1. The lowest BCUT2D eigenvalue weighted by atomic mass is 10.2. The molecule has 8 nitrogen and oxygen atoms in total. The molecule has 1 aliphatic heterocycles. The van der Waals surface area contributed by atoms with Gasteiger partial charge in [0, 0.05) is 31.7 Å². The third-order valence-corrected chi connectivity index (χ3v) is 4.05. The van der Waals surface area contributed by atoms with Crippen LogP contribution in [0, 0.1) is 6.92 Å². The van der Waals surface area contributed by atoms with Gasteiger partial charge in [-0.2, -0.15) is 15.0 Å². The average molecular weight is 341 g/mol. The molecule has 4 N–H and O–H groups in total. The summed E-state index contributed by atoms with van der Waals surface area (Å²) >= 11 is 0. The molecule has 2 heterocycles. The van der Waals surface area contributed by atoms with Gasteiger partial charge in [0.05, 0.1) is 6.54 Å². The third-order valence-electron chi connectivity index (χ3n) is 4.05. The Hall–Kier alpha value is -2.74. The van der Waals surface area contributed by atoms with E-state index in [4.69, 9.17) is 5.73 Å². The van der Waals surface area contributed by atoms with E-state index in [0.29, 0.717) is 18.3 Å². The highest BCUT2D eigenvalue weighted by Crippen LogP contribution is 2.16. The summed E-state index contributed by atoms with van der Waals surface area (Å²) in [5.74, 6) is 1.24. The van der Waals surface area contributed by atoms with Gasteiger partial charge in [-0.3, -0.25) is 9.69 Å². The van der Waals surface area contributed by atoms with Gasteiger partial charge < -0.3 is 16.4 Å². The monoisotopic (exact) mass is 341 g/mol. The van der Waals surface area contributed by atoms with Crippen LogP contribution in [0.25, 0.3) is 0 Å². The van der Waals surface area contributed by atoms with Crippen molar-refractivity contribution in [2.24, 2.45) is 0 Å². The number of benzene rings is 1. The van der Waals surface area contributed by atoms with Crippen LogP contribution < -0.4 is 16.4 Å². The Morgan fingerprint density at radius 1 is 1.28 bits per heavy atom. The Balaban J connectivity index is 1.65. The largest absolute Gasteiger partial charge is 0.368 e. The van der Waals surface area contributed by atoms with E-state index in [9.17, 15) is 4.79 Å². The predicted molar refractivity (Wildman–Crippen MR) is 96.2 cm³/mol. The maximum atomic E-state index is 11.2. The fourth-order valence-corrected chi connectivity index (χ4v) is 2.91. The van der Waals surface area contributed by atoms with Crippen molar-refractivity contribution in [3.63, 3.8) is 0 Å². The molecule has 0 spiro atoms. The third kappa shape index (κ3) is 4.87. The van der Waals surface area contributed by atoms with Crippen LogP contribution >= 0.6 is 0 Å². The van der Waals surface area contributed by atoms with Crippen molar-refractivity contribution in [2.45, 2.75) is 32.9 Å². The van der Waals surface area contributed by atoms with Crippen molar-refractivity contribution in [3.05, 3.63) is 35.7 Å². The first-order valence-corrected chi connectivity index (χ1v) is 8.31. The molecule has 1 amide bonds. The Bertz CT molecular complexity index is 747. The minimum atomic E-state index is 0.000777. The van der Waals surface area contributed by atoms with E-state index in [1.165, 1.54) is 5.56 Å². The van der Waals surface area contributed by atoms with Crippen LogP contribution in [0.2, 0.25) is 0 Å². The quantitative estimate of drug-likeness (QED) is 0.750. The molecular formula is C17H23N7O. The van der Waals surface area contributed by atoms with Crippen molar-refractivity contribution in [1.82, 2.24) is 25.2 Å². The van der Waals surface area contributed by atoms with Crippen LogP contribution in [0.15, 0.2) is 24.3 Å². The molecule has 8 heteroatoms. The smallest absolute Gasteiger partial charge is 0.232 e. The summed E-state index contributed by atoms with van der Waals surface area (Å²) < 4.78 is 0. The predicted octanol–water partition coefficient (Wildman–Crippen LogP) is 1.22. The van der Waals surface area contributed by atoms with Crippen LogP contribution in [0.3, 0.4) is 0 Å². The fraction of sp³-hybridized carbons (Fsp3) is 0.412. The Kier molecular flexibility index (Phi) is 5.08. The van der Waals surface area contributed by atoms with Gasteiger partial charge >= 0.3 is 0 Å². The van der Waals surface area contributed by atoms with Crippen molar-refractivity contribution < 1.29 is 4.79 Å². The lowest BCUT2D eigenvalue weighted by Gasteiger charge is -2.16. The number of nitrogens with two attached hydrogens (primary N) is 1. The Morgan fingerprint density at radius 3 is 2.76 bits per heavy atom. The zero-order chi connectivity index (χ0) is 17.8. The average Bonchev–Trinajstić information content (AvgIpc) is 2.95. The normalized spacial score (nSPS) is 17.4. The lowest BCUT2D eigenvalue weighted by molar-refractivity contribution is -0.119. The number of rotatable bonds is 5. The van der Waals surface area contributed by atoms with Crippen molar-refractivity contribution in [1.29, 1.82) is 0 Å². The van der Waals surface area contributed by atoms with Crippen molar-refractivity contribution in [3.8, 4) is 0 Å². The number of hydrogen-bond acceptors (Lipinski definition) is 7. The summed E-state index contributed by atoms with van der Waals surface area (Å²) in [5.41, 5.74) is 7.91. The minimum absolute atomic E-state index is 0.000777. The second-order valence-corrected chi connectivity index (χ2v) is 6.35. The molecule has 2 aromatic rings. The van der Waals surface area contributed by atoms with Gasteiger partial charge in [-0.25, -0.2) is 0 Å². The second-order valence-electron chi connectivity index (χ2n) is 6.35. The molecular weight excluding hydrogens is 318 g/mol. The molecule has 0 radical (unpaired) electrons. The molecule has 1 aromatic heterocycles. The van der Waals surface area contributed by atoms with Gasteiger partial charge in [0.15, 0.2) is 0 Å². The summed E-state index contributed by atoms with van der Waals surface area (Å²) in [4.78, 5) is 26.2. The molecule has 3 rings (SSSR count). The molecule has 132 valence electrons. The van der Waals surface area contributed by atoms with Gasteiger partial charge in [-0.15, -0.1) is 0 Å². The topological polar surface area (TPSA) is 109 Å². The van der Waals surface area contributed by atoms with E-state index in [-0.39, 0.29) is 17.9 Å². The molecule has 25 heavy (non-hydrogen) atoms. The van der Waals surface area contributed by atoms with Gasteiger partial charge in [-0.05, 0) is 25.5 Å². The van der Waals surface area contributed by atoms with E-state index in [1.807, 2.05) is 31.2 Å². The van der Waals surface area contributed by atoms with Crippen LogP contribution in [0.4, 0.5) is 17.6 Å². The van der Waals surface area contributed by atoms with Crippen LogP contribution in [-0.2, 0) is 11.3 Å². The highest BCUT2D eigenvalue weighted by molar-refractivity contribution is 5.73. The molecule has 1 aromatic carbocycles. The molecule has 0 bridgehead atoms. The van der Waals surface area contributed by atoms with E-state index in [0.717, 1.165) is 25.2 Å². The second kappa shape index (κ2) is 7.43. The number of aromatic nitrogens is 3. The summed E-state index contributed by atoms with van der Waals surface area (Å²) in [7, 11) is 0. The number of carbonyl (C=O) groups is 1. The maximum Gasteiger partial charge on any atom is 0.232 e. The zero-order valence-corrected chi connectivity index (χ0v) is 14.5. The first kappa shape index (κ1) is 17.1. The molecule has 1 saturated heterocycles. The van der Waals surface area contributed by atoms with Crippen molar-refractivity contribution in [2.75, 3.05) is 24.1 Å². The number of nitrogens with one attached hydrogen (secondary N) is 2. The minimum Gasteiger partial charge on any atom is -0.368 e. The van der Waals surface area contributed by atoms with Crippen molar-refractivity contribution >= 4 is 23.5 Å². The first-order chi connectivity index (χ1) is 12.0. The highest BCUT2D eigenvalue weighted by atomic mass is 16.1. The molecule has 1 unspecified atom stereocenters. The van der Waals surface area contributed by atoms with Gasteiger partial charge in [-0.1, -0.05) is 17.7 Å². The molecule has 1 aliphatic rings. The summed E-state index contributed by atoms with van der Waals surface area (Å²) in [6.45, 7) is 5.82. The fourth-order valence-electron chi connectivity index (χ4n) is 2.91.